The predicted molar refractivity (Wildman–Crippen MR) is 76.0 cm³/mol. The molecule has 2 aromatic rings. The molecule has 0 aromatic carbocycles. The third-order valence-corrected chi connectivity index (χ3v) is 4.47. The zero-order chi connectivity index (χ0) is 13.1. The fourth-order valence-electron chi connectivity index (χ4n) is 2.51. The molecule has 0 saturated carbocycles. The first-order valence-corrected chi connectivity index (χ1v) is 7.45. The molecule has 0 aliphatic carbocycles. The maximum atomic E-state index is 5.39. The van der Waals surface area contributed by atoms with Crippen molar-refractivity contribution >= 4 is 11.3 Å². The van der Waals surface area contributed by atoms with E-state index < -0.39 is 0 Å². The average Bonchev–Trinajstić information content (AvgIpc) is 3.10. The summed E-state index contributed by atoms with van der Waals surface area (Å²) in [5.74, 6) is 1.40. The van der Waals surface area contributed by atoms with Crippen LogP contribution < -0.4 is 5.32 Å². The highest BCUT2D eigenvalue weighted by molar-refractivity contribution is 7.08. The standard InChI is InChI=1S/C14H17N3OS/c1-2-14(4-6-15-7-5-14)9-12-16-13(17-18-12)11-3-8-19-10-11/h2-3,8,10,15H,1,4-7,9H2. The van der Waals surface area contributed by atoms with Gasteiger partial charge in [0, 0.05) is 17.4 Å². The lowest BCUT2D eigenvalue weighted by Crippen LogP contribution is -2.36. The minimum absolute atomic E-state index is 0.101. The molecule has 0 bridgehead atoms. The van der Waals surface area contributed by atoms with Gasteiger partial charge >= 0.3 is 0 Å². The van der Waals surface area contributed by atoms with Crippen molar-refractivity contribution in [3.8, 4) is 11.4 Å². The lowest BCUT2D eigenvalue weighted by molar-refractivity contribution is 0.239. The molecule has 1 saturated heterocycles. The molecule has 0 radical (unpaired) electrons. The van der Waals surface area contributed by atoms with Crippen molar-refractivity contribution < 1.29 is 4.52 Å². The van der Waals surface area contributed by atoms with Crippen LogP contribution in [0, 0.1) is 5.41 Å². The summed E-state index contributed by atoms with van der Waals surface area (Å²) in [6.07, 6.45) is 5.00. The largest absolute Gasteiger partial charge is 0.339 e. The molecule has 1 fully saturated rings. The van der Waals surface area contributed by atoms with Crippen LogP contribution in [0.2, 0.25) is 0 Å². The van der Waals surface area contributed by atoms with Gasteiger partial charge in [0.25, 0.3) is 0 Å². The monoisotopic (exact) mass is 275 g/mol. The Kier molecular flexibility index (Phi) is 3.48. The smallest absolute Gasteiger partial charge is 0.227 e. The topological polar surface area (TPSA) is 51.0 Å². The van der Waals surface area contributed by atoms with Crippen LogP contribution in [-0.4, -0.2) is 23.2 Å². The number of piperidine rings is 1. The summed E-state index contributed by atoms with van der Waals surface area (Å²) < 4.78 is 5.39. The van der Waals surface area contributed by atoms with Crippen molar-refractivity contribution in [2.24, 2.45) is 5.41 Å². The molecule has 0 atom stereocenters. The number of rotatable bonds is 4. The van der Waals surface area contributed by atoms with Gasteiger partial charge < -0.3 is 9.84 Å². The average molecular weight is 275 g/mol. The third-order valence-electron chi connectivity index (χ3n) is 3.78. The van der Waals surface area contributed by atoms with Gasteiger partial charge in [-0.25, -0.2) is 0 Å². The molecular weight excluding hydrogens is 258 g/mol. The first-order valence-electron chi connectivity index (χ1n) is 6.51. The number of hydrogen-bond donors (Lipinski definition) is 1. The minimum Gasteiger partial charge on any atom is -0.339 e. The van der Waals surface area contributed by atoms with Crippen molar-refractivity contribution in [2.75, 3.05) is 13.1 Å². The van der Waals surface area contributed by atoms with E-state index in [0.29, 0.717) is 11.7 Å². The summed E-state index contributed by atoms with van der Waals surface area (Å²) in [6.45, 7) is 6.04. The fraction of sp³-hybridized carbons (Fsp3) is 0.429. The summed E-state index contributed by atoms with van der Waals surface area (Å²) >= 11 is 1.64. The van der Waals surface area contributed by atoms with Gasteiger partial charge in [0.1, 0.15) is 0 Å². The lowest BCUT2D eigenvalue weighted by atomic mass is 9.76. The number of nitrogens with one attached hydrogen (secondary N) is 1. The first kappa shape index (κ1) is 12.6. The summed E-state index contributed by atoms with van der Waals surface area (Å²) in [5, 5.41) is 11.5. The fourth-order valence-corrected chi connectivity index (χ4v) is 3.15. The van der Waals surface area contributed by atoms with Gasteiger partial charge in [-0.1, -0.05) is 11.2 Å². The van der Waals surface area contributed by atoms with Gasteiger partial charge in [0.2, 0.25) is 11.7 Å². The maximum absolute atomic E-state index is 5.39. The zero-order valence-corrected chi connectivity index (χ0v) is 11.6. The Balaban J connectivity index is 1.77. The Labute approximate surface area is 116 Å². The molecule has 4 nitrogen and oxygen atoms in total. The predicted octanol–water partition coefficient (Wildman–Crippen LogP) is 2.90. The molecule has 1 aliphatic heterocycles. The van der Waals surface area contributed by atoms with E-state index in [4.69, 9.17) is 4.52 Å². The number of aromatic nitrogens is 2. The van der Waals surface area contributed by atoms with Gasteiger partial charge in [0.15, 0.2) is 0 Å². The molecule has 2 aromatic heterocycles. The van der Waals surface area contributed by atoms with Crippen LogP contribution in [0.3, 0.4) is 0 Å². The molecule has 1 aliphatic rings. The van der Waals surface area contributed by atoms with Gasteiger partial charge in [-0.2, -0.15) is 16.3 Å². The Morgan fingerprint density at radius 2 is 2.32 bits per heavy atom. The van der Waals surface area contributed by atoms with Crippen LogP contribution in [0.15, 0.2) is 34.0 Å². The number of thiophene rings is 1. The lowest BCUT2D eigenvalue weighted by Gasteiger charge is -2.33. The van der Waals surface area contributed by atoms with Crippen molar-refractivity contribution in [2.45, 2.75) is 19.3 Å². The van der Waals surface area contributed by atoms with Crippen LogP contribution in [0.1, 0.15) is 18.7 Å². The number of hydrogen-bond acceptors (Lipinski definition) is 5. The van der Waals surface area contributed by atoms with Gasteiger partial charge in [-0.3, -0.25) is 0 Å². The van der Waals surface area contributed by atoms with Crippen molar-refractivity contribution in [3.63, 3.8) is 0 Å². The summed E-state index contributed by atoms with van der Waals surface area (Å²) in [6, 6.07) is 2.01. The van der Waals surface area contributed by atoms with E-state index in [1.165, 1.54) is 0 Å². The Bertz CT molecular complexity index is 541. The molecule has 0 unspecified atom stereocenters. The normalized spacial score (nSPS) is 18.3. The Morgan fingerprint density at radius 1 is 1.47 bits per heavy atom. The van der Waals surface area contributed by atoms with Crippen molar-refractivity contribution in [1.82, 2.24) is 15.5 Å². The van der Waals surface area contributed by atoms with E-state index in [9.17, 15) is 0 Å². The zero-order valence-electron chi connectivity index (χ0n) is 10.8. The van der Waals surface area contributed by atoms with Gasteiger partial charge in [-0.05, 0) is 42.8 Å². The number of nitrogens with zero attached hydrogens (tertiary/aromatic N) is 2. The molecule has 19 heavy (non-hydrogen) atoms. The van der Waals surface area contributed by atoms with E-state index in [0.717, 1.165) is 37.9 Å². The molecule has 3 rings (SSSR count). The summed E-state index contributed by atoms with van der Waals surface area (Å²) in [4.78, 5) is 4.50. The number of allylic oxidation sites excluding steroid dienone is 1. The molecule has 1 N–H and O–H groups in total. The Morgan fingerprint density at radius 3 is 3.00 bits per heavy atom. The minimum atomic E-state index is 0.101. The first-order chi connectivity index (χ1) is 9.31. The van der Waals surface area contributed by atoms with Crippen molar-refractivity contribution in [1.29, 1.82) is 0 Å². The van der Waals surface area contributed by atoms with Crippen LogP contribution >= 0.6 is 11.3 Å². The second-order valence-electron chi connectivity index (χ2n) is 5.02. The van der Waals surface area contributed by atoms with Crippen LogP contribution in [0.4, 0.5) is 0 Å². The molecule has 3 heterocycles. The van der Waals surface area contributed by atoms with E-state index in [1.54, 1.807) is 11.3 Å². The molecule has 5 heteroatoms. The van der Waals surface area contributed by atoms with E-state index in [-0.39, 0.29) is 5.41 Å². The highest BCUT2D eigenvalue weighted by Crippen LogP contribution is 2.34. The van der Waals surface area contributed by atoms with E-state index in [1.807, 2.05) is 16.8 Å². The SMILES string of the molecule is C=CC1(Cc2nc(-c3ccsc3)no2)CCNCC1. The molecular formula is C14H17N3OS. The summed E-state index contributed by atoms with van der Waals surface area (Å²) in [5.41, 5.74) is 1.13. The second kappa shape index (κ2) is 5.27. The van der Waals surface area contributed by atoms with Gasteiger partial charge in [0.05, 0.1) is 0 Å². The highest BCUT2D eigenvalue weighted by Gasteiger charge is 2.31. The molecule has 0 spiro atoms. The maximum Gasteiger partial charge on any atom is 0.227 e. The van der Waals surface area contributed by atoms with E-state index >= 15 is 0 Å². The van der Waals surface area contributed by atoms with E-state index in [2.05, 4.69) is 28.1 Å². The van der Waals surface area contributed by atoms with Crippen molar-refractivity contribution in [3.05, 3.63) is 35.4 Å². The highest BCUT2D eigenvalue weighted by atomic mass is 32.1. The van der Waals surface area contributed by atoms with Crippen LogP contribution in [0.5, 0.6) is 0 Å². The van der Waals surface area contributed by atoms with Gasteiger partial charge in [-0.15, -0.1) is 6.58 Å². The van der Waals surface area contributed by atoms with Crippen LogP contribution in [0.25, 0.3) is 11.4 Å². The molecule has 0 amide bonds. The quantitative estimate of drug-likeness (QED) is 0.872. The third kappa shape index (κ3) is 2.62. The van der Waals surface area contributed by atoms with Crippen LogP contribution in [-0.2, 0) is 6.42 Å². The molecule has 100 valence electrons. The second-order valence-corrected chi connectivity index (χ2v) is 5.80. The summed E-state index contributed by atoms with van der Waals surface area (Å²) in [7, 11) is 0. The Hall–Kier alpha value is -1.46.